The molecular formula is C12H14N2O5. The van der Waals surface area contributed by atoms with Gasteiger partial charge in [-0.1, -0.05) is 6.92 Å². The fourth-order valence-electron chi connectivity index (χ4n) is 1.38. The molecule has 0 saturated heterocycles. The van der Waals surface area contributed by atoms with Crippen LogP contribution < -0.4 is 10.1 Å². The zero-order valence-corrected chi connectivity index (χ0v) is 10.6. The molecule has 19 heavy (non-hydrogen) atoms. The predicted octanol–water partition coefficient (Wildman–Crippen LogP) is 1.31. The van der Waals surface area contributed by atoms with Gasteiger partial charge in [0, 0.05) is 25.1 Å². The second-order valence-electron chi connectivity index (χ2n) is 3.68. The van der Waals surface area contributed by atoms with Gasteiger partial charge in [0.15, 0.2) is 18.1 Å². The SMILES string of the molecule is CCC(=O)c1ccc(OCC(=O)NC)c([N+](=O)[O-])c1. The fraction of sp³-hybridized carbons (Fsp3) is 0.333. The highest BCUT2D eigenvalue weighted by Crippen LogP contribution is 2.28. The van der Waals surface area contributed by atoms with Crippen LogP contribution in [0, 0.1) is 10.1 Å². The first-order valence-electron chi connectivity index (χ1n) is 5.64. The van der Waals surface area contributed by atoms with Crippen molar-refractivity contribution in [1.82, 2.24) is 5.32 Å². The fourth-order valence-corrected chi connectivity index (χ4v) is 1.38. The maximum absolute atomic E-state index is 11.5. The Morgan fingerprint density at radius 1 is 1.42 bits per heavy atom. The van der Waals surface area contributed by atoms with Crippen LogP contribution in [0.5, 0.6) is 5.75 Å². The van der Waals surface area contributed by atoms with Gasteiger partial charge in [-0.25, -0.2) is 0 Å². The van der Waals surface area contributed by atoms with Crippen LogP contribution in [-0.2, 0) is 4.79 Å². The molecule has 0 radical (unpaired) electrons. The molecule has 0 spiro atoms. The Hall–Kier alpha value is -2.44. The molecule has 7 nitrogen and oxygen atoms in total. The van der Waals surface area contributed by atoms with Gasteiger partial charge >= 0.3 is 5.69 Å². The zero-order valence-electron chi connectivity index (χ0n) is 10.6. The number of ether oxygens (including phenoxy) is 1. The van der Waals surface area contributed by atoms with Crippen LogP contribution in [0.25, 0.3) is 0 Å². The first kappa shape index (κ1) is 14.6. The molecule has 0 unspecified atom stereocenters. The Morgan fingerprint density at radius 3 is 2.63 bits per heavy atom. The van der Waals surface area contributed by atoms with Crippen LogP contribution in [0.2, 0.25) is 0 Å². The van der Waals surface area contributed by atoms with E-state index in [1.807, 2.05) is 0 Å². The highest BCUT2D eigenvalue weighted by molar-refractivity contribution is 5.96. The largest absolute Gasteiger partial charge is 0.477 e. The van der Waals surface area contributed by atoms with Crippen molar-refractivity contribution in [3.05, 3.63) is 33.9 Å². The molecule has 0 aliphatic rings. The van der Waals surface area contributed by atoms with Crippen molar-refractivity contribution in [2.24, 2.45) is 0 Å². The van der Waals surface area contributed by atoms with E-state index in [1.54, 1.807) is 6.92 Å². The minimum Gasteiger partial charge on any atom is -0.477 e. The van der Waals surface area contributed by atoms with Crippen LogP contribution in [0.1, 0.15) is 23.7 Å². The molecule has 0 heterocycles. The van der Waals surface area contributed by atoms with E-state index in [4.69, 9.17) is 4.74 Å². The summed E-state index contributed by atoms with van der Waals surface area (Å²) in [6.07, 6.45) is 0.260. The number of carbonyl (C=O) groups excluding carboxylic acids is 2. The second-order valence-corrected chi connectivity index (χ2v) is 3.68. The maximum atomic E-state index is 11.5. The van der Waals surface area contributed by atoms with Gasteiger partial charge in [-0.15, -0.1) is 0 Å². The summed E-state index contributed by atoms with van der Waals surface area (Å²) >= 11 is 0. The van der Waals surface area contributed by atoms with Crippen LogP contribution in [-0.4, -0.2) is 30.3 Å². The summed E-state index contributed by atoms with van der Waals surface area (Å²) in [6.45, 7) is 1.35. The molecule has 0 saturated carbocycles. The lowest BCUT2D eigenvalue weighted by atomic mass is 10.1. The molecule has 0 fully saturated rings. The van der Waals surface area contributed by atoms with E-state index in [9.17, 15) is 19.7 Å². The molecule has 0 atom stereocenters. The van der Waals surface area contributed by atoms with E-state index in [1.165, 1.54) is 19.2 Å². The number of hydrogen-bond acceptors (Lipinski definition) is 5. The summed E-state index contributed by atoms with van der Waals surface area (Å²) in [4.78, 5) is 32.8. The Labute approximate surface area is 109 Å². The molecule has 1 aromatic rings. The van der Waals surface area contributed by atoms with Crippen LogP contribution in [0.15, 0.2) is 18.2 Å². The average molecular weight is 266 g/mol. The Kier molecular flexibility index (Phi) is 4.99. The standard InChI is InChI=1S/C12H14N2O5/c1-3-10(15)8-4-5-11(9(6-8)14(17)18)19-7-12(16)13-2/h4-6H,3,7H2,1-2H3,(H,13,16). The number of Topliss-reactive ketones (excluding diaryl/α,β-unsaturated/α-hetero) is 1. The number of nitrogens with one attached hydrogen (secondary N) is 1. The molecule has 0 aliphatic carbocycles. The van der Waals surface area contributed by atoms with Gasteiger partial charge in [-0.2, -0.15) is 0 Å². The van der Waals surface area contributed by atoms with E-state index < -0.39 is 10.8 Å². The van der Waals surface area contributed by atoms with Gasteiger partial charge in [0.05, 0.1) is 4.92 Å². The van der Waals surface area contributed by atoms with Gasteiger partial charge in [0.1, 0.15) is 0 Å². The number of nitro groups is 1. The summed E-state index contributed by atoms with van der Waals surface area (Å²) in [5, 5.41) is 13.2. The molecule has 102 valence electrons. The second kappa shape index (κ2) is 6.48. The lowest BCUT2D eigenvalue weighted by molar-refractivity contribution is -0.385. The first-order chi connectivity index (χ1) is 8.99. The summed E-state index contributed by atoms with van der Waals surface area (Å²) < 4.78 is 5.05. The predicted molar refractivity (Wildman–Crippen MR) is 67.3 cm³/mol. The summed E-state index contributed by atoms with van der Waals surface area (Å²) in [5.74, 6) is -0.634. The number of likely N-dealkylation sites (N-methyl/N-ethyl adjacent to an activating group) is 1. The number of benzene rings is 1. The highest BCUT2D eigenvalue weighted by atomic mass is 16.6. The van der Waals surface area contributed by atoms with E-state index >= 15 is 0 Å². The number of nitro benzene ring substituents is 1. The molecule has 1 rings (SSSR count). The van der Waals surface area contributed by atoms with Gasteiger partial charge in [0.25, 0.3) is 5.91 Å². The van der Waals surface area contributed by atoms with Crippen LogP contribution in [0.4, 0.5) is 5.69 Å². The third kappa shape index (κ3) is 3.77. The highest BCUT2D eigenvalue weighted by Gasteiger charge is 2.18. The zero-order chi connectivity index (χ0) is 14.4. The van der Waals surface area contributed by atoms with Crippen molar-refractivity contribution in [2.75, 3.05) is 13.7 Å². The smallest absolute Gasteiger partial charge is 0.311 e. The van der Waals surface area contributed by atoms with E-state index in [0.717, 1.165) is 6.07 Å². The quantitative estimate of drug-likeness (QED) is 0.475. The molecule has 7 heteroatoms. The van der Waals surface area contributed by atoms with Crippen molar-refractivity contribution in [3.63, 3.8) is 0 Å². The Balaban J connectivity index is 3.01. The molecular weight excluding hydrogens is 252 g/mol. The normalized spacial score (nSPS) is 9.79. The lowest BCUT2D eigenvalue weighted by Gasteiger charge is -2.07. The first-order valence-corrected chi connectivity index (χ1v) is 5.64. The summed E-state index contributed by atoms with van der Waals surface area (Å²) in [6, 6.07) is 3.92. The molecule has 1 N–H and O–H groups in total. The van der Waals surface area contributed by atoms with Crippen molar-refractivity contribution < 1.29 is 19.2 Å². The van der Waals surface area contributed by atoms with Gasteiger partial charge in [0.2, 0.25) is 0 Å². The third-order valence-electron chi connectivity index (χ3n) is 2.44. The number of nitrogens with zero attached hydrogens (tertiary/aromatic N) is 1. The minimum absolute atomic E-state index is 0.0405. The number of rotatable bonds is 6. The molecule has 1 aromatic carbocycles. The molecule has 0 aromatic heterocycles. The summed E-state index contributed by atoms with van der Waals surface area (Å²) in [5.41, 5.74) is -0.0790. The van der Waals surface area contributed by atoms with Crippen molar-refractivity contribution in [2.45, 2.75) is 13.3 Å². The van der Waals surface area contributed by atoms with E-state index in [0.29, 0.717) is 0 Å². The minimum atomic E-state index is -0.647. The van der Waals surface area contributed by atoms with Crippen molar-refractivity contribution in [3.8, 4) is 5.75 Å². The average Bonchev–Trinajstić information content (AvgIpc) is 2.43. The number of hydrogen-bond donors (Lipinski definition) is 1. The van der Waals surface area contributed by atoms with E-state index in [-0.39, 0.29) is 35.8 Å². The van der Waals surface area contributed by atoms with Gasteiger partial charge in [-0.05, 0) is 12.1 Å². The molecule has 1 amide bonds. The Bertz CT molecular complexity index is 513. The van der Waals surface area contributed by atoms with Crippen molar-refractivity contribution in [1.29, 1.82) is 0 Å². The van der Waals surface area contributed by atoms with Gasteiger partial charge in [-0.3, -0.25) is 19.7 Å². The topological polar surface area (TPSA) is 98.5 Å². The third-order valence-corrected chi connectivity index (χ3v) is 2.44. The maximum Gasteiger partial charge on any atom is 0.311 e. The van der Waals surface area contributed by atoms with Gasteiger partial charge < -0.3 is 10.1 Å². The van der Waals surface area contributed by atoms with Crippen molar-refractivity contribution >= 4 is 17.4 Å². The number of ketones is 1. The van der Waals surface area contributed by atoms with Crippen LogP contribution >= 0.6 is 0 Å². The molecule has 0 aliphatic heterocycles. The number of carbonyl (C=O) groups is 2. The van der Waals surface area contributed by atoms with E-state index in [2.05, 4.69) is 5.32 Å². The molecule has 0 bridgehead atoms. The monoisotopic (exact) mass is 266 g/mol. The Morgan fingerprint density at radius 2 is 2.11 bits per heavy atom. The van der Waals surface area contributed by atoms with Crippen LogP contribution in [0.3, 0.4) is 0 Å². The number of amides is 1. The lowest BCUT2D eigenvalue weighted by Crippen LogP contribution is -2.25. The summed E-state index contributed by atoms with van der Waals surface area (Å²) in [7, 11) is 1.43.